The van der Waals surface area contributed by atoms with Gasteiger partial charge >= 0.3 is 6.09 Å². The molecule has 3 N–H and O–H groups in total. The number of carbonyl (C=O) groups is 2. The first kappa shape index (κ1) is 25.0. The molecule has 1 fully saturated rings. The number of aromatic nitrogens is 3. The number of nitrogens with zero attached hydrogens (tertiary/aromatic N) is 4. The molecular weight excluding hydrogens is 484 g/mol. The van der Waals surface area contributed by atoms with Gasteiger partial charge in [0.1, 0.15) is 5.65 Å². The number of nitrogens with one attached hydrogen (secondary N) is 2. The number of fused-ring (bicyclic) bond motifs is 3. The van der Waals surface area contributed by atoms with Crippen molar-refractivity contribution in [2.75, 3.05) is 11.9 Å². The molecule has 2 aromatic carbocycles. The van der Waals surface area contributed by atoms with Crippen LogP contribution >= 0.6 is 0 Å². The zero-order chi connectivity index (χ0) is 27.2. The molecule has 0 bridgehead atoms. The Bertz CT molecular complexity index is 1660. The van der Waals surface area contributed by atoms with E-state index in [0.717, 1.165) is 0 Å². The SMILES string of the molecule is CC(C)(C)C1CC(c2cc(=O)[nH]c3c4c(NC(=O)c5ccc(C#N)cc5)cccc4nn23)CCN1C(=O)O. The van der Waals surface area contributed by atoms with Crippen molar-refractivity contribution in [3.63, 3.8) is 0 Å². The van der Waals surface area contributed by atoms with Crippen LogP contribution < -0.4 is 10.9 Å². The van der Waals surface area contributed by atoms with Crippen LogP contribution in [0.15, 0.2) is 53.3 Å². The summed E-state index contributed by atoms with van der Waals surface area (Å²) in [6.45, 7) is 6.43. The molecule has 1 aliphatic rings. The van der Waals surface area contributed by atoms with E-state index in [4.69, 9.17) is 10.4 Å². The summed E-state index contributed by atoms with van der Waals surface area (Å²) in [5.41, 5.74) is 2.54. The second kappa shape index (κ2) is 9.34. The van der Waals surface area contributed by atoms with Gasteiger partial charge < -0.3 is 20.3 Å². The van der Waals surface area contributed by atoms with Crippen molar-refractivity contribution < 1.29 is 14.7 Å². The maximum Gasteiger partial charge on any atom is 0.407 e. The van der Waals surface area contributed by atoms with Crippen LogP contribution in [0, 0.1) is 16.7 Å². The number of nitriles is 1. The number of rotatable bonds is 3. The Morgan fingerprint density at radius 3 is 2.58 bits per heavy atom. The van der Waals surface area contributed by atoms with Crippen LogP contribution in [0.1, 0.15) is 61.1 Å². The fraction of sp³-hybridized carbons (Fsp3) is 0.321. The Balaban J connectivity index is 1.56. The highest BCUT2D eigenvalue weighted by Crippen LogP contribution is 2.39. The highest BCUT2D eigenvalue weighted by molar-refractivity contribution is 6.11. The first-order chi connectivity index (χ1) is 18.1. The lowest BCUT2D eigenvalue weighted by Crippen LogP contribution is -2.51. The third kappa shape index (κ3) is 4.47. The number of H-pyrrole nitrogens is 1. The molecule has 194 valence electrons. The van der Waals surface area contributed by atoms with Crippen molar-refractivity contribution in [1.29, 1.82) is 5.26 Å². The largest absolute Gasteiger partial charge is 0.465 e. The van der Waals surface area contributed by atoms with Crippen LogP contribution in [-0.2, 0) is 0 Å². The average Bonchev–Trinajstić information content (AvgIpc) is 3.26. The van der Waals surface area contributed by atoms with Gasteiger partial charge in [0.15, 0.2) is 0 Å². The van der Waals surface area contributed by atoms with Gasteiger partial charge in [0.25, 0.3) is 11.5 Å². The molecular formula is C28H28N6O4. The van der Waals surface area contributed by atoms with E-state index in [9.17, 15) is 19.5 Å². The van der Waals surface area contributed by atoms with E-state index < -0.39 is 6.09 Å². The number of benzene rings is 2. The Morgan fingerprint density at radius 1 is 1.18 bits per heavy atom. The predicted octanol–water partition coefficient (Wildman–Crippen LogP) is 4.57. The van der Waals surface area contributed by atoms with Crippen LogP contribution in [0.4, 0.5) is 10.5 Å². The molecule has 2 atom stereocenters. The van der Waals surface area contributed by atoms with E-state index in [0.29, 0.717) is 58.4 Å². The summed E-state index contributed by atoms with van der Waals surface area (Å²) in [7, 11) is 0. The van der Waals surface area contributed by atoms with Gasteiger partial charge in [-0.15, -0.1) is 0 Å². The summed E-state index contributed by atoms with van der Waals surface area (Å²) in [6, 6.07) is 15.0. The van der Waals surface area contributed by atoms with E-state index >= 15 is 0 Å². The number of hydrogen-bond donors (Lipinski definition) is 3. The summed E-state index contributed by atoms with van der Waals surface area (Å²) in [6.07, 6.45) is 0.190. The van der Waals surface area contributed by atoms with Gasteiger partial charge in [-0.1, -0.05) is 26.8 Å². The number of anilines is 1. The fourth-order valence-corrected chi connectivity index (χ4v) is 5.36. The van der Waals surface area contributed by atoms with Crippen molar-refractivity contribution in [1.82, 2.24) is 19.5 Å². The molecule has 2 aromatic heterocycles. The maximum atomic E-state index is 13.0. The first-order valence-electron chi connectivity index (χ1n) is 12.4. The molecule has 3 heterocycles. The smallest absolute Gasteiger partial charge is 0.407 e. The minimum Gasteiger partial charge on any atom is -0.465 e. The lowest BCUT2D eigenvalue weighted by Gasteiger charge is -2.44. The average molecular weight is 513 g/mol. The fourth-order valence-electron chi connectivity index (χ4n) is 5.36. The minimum absolute atomic E-state index is 0.0781. The van der Waals surface area contributed by atoms with Crippen molar-refractivity contribution in [3.8, 4) is 6.07 Å². The second-order valence-corrected chi connectivity index (χ2v) is 10.7. The zero-order valence-corrected chi connectivity index (χ0v) is 21.4. The summed E-state index contributed by atoms with van der Waals surface area (Å²) in [4.78, 5) is 42.1. The predicted molar refractivity (Wildman–Crippen MR) is 142 cm³/mol. The van der Waals surface area contributed by atoms with Gasteiger partial charge in [0.05, 0.1) is 33.9 Å². The van der Waals surface area contributed by atoms with Crippen molar-refractivity contribution >= 4 is 34.2 Å². The molecule has 1 saturated heterocycles. The lowest BCUT2D eigenvalue weighted by molar-refractivity contribution is 0.0518. The first-order valence-corrected chi connectivity index (χ1v) is 12.4. The highest BCUT2D eigenvalue weighted by Gasteiger charge is 2.40. The molecule has 10 heteroatoms. The number of likely N-dealkylation sites (tertiary alicyclic amines) is 1. The van der Waals surface area contributed by atoms with Crippen LogP contribution in [0.2, 0.25) is 0 Å². The van der Waals surface area contributed by atoms with E-state index in [-0.39, 0.29) is 28.8 Å². The minimum atomic E-state index is -0.938. The van der Waals surface area contributed by atoms with E-state index in [1.165, 1.54) is 11.0 Å². The summed E-state index contributed by atoms with van der Waals surface area (Å²) in [5, 5.41) is 27.0. The molecule has 0 saturated carbocycles. The normalized spacial score (nSPS) is 17.9. The third-order valence-corrected chi connectivity index (χ3v) is 7.25. The zero-order valence-electron chi connectivity index (χ0n) is 21.4. The van der Waals surface area contributed by atoms with Crippen molar-refractivity contribution in [2.24, 2.45) is 5.41 Å². The molecule has 10 nitrogen and oxygen atoms in total. The van der Waals surface area contributed by atoms with Crippen LogP contribution in [-0.4, -0.2) is 49.2 Å². The number of amides is 2. The Kier molecular flexibility index (Phi) is 6.15. The van der Waals surface area contributed by atoms with Crippen LogP contribution in [0.5, 0.6) is 0 Å². The van der Waals surface area contributed by atoms with Crippen molar-refractivity contribution in [2.45, 2.75) is 45.6 Å². The number of carbonyl (C=O) groups excluding carboxylic acids is 1. The Labute approximate surface area is 218 Å². The van der Waals surface area contributed by atoms with Crippen molar-refractivity contribution in [3.05, 3.63) is 75.7 Å². The second-order valence-electron chi connectivity index (χ2n) is 10.7. The molecule has 4 aromatic rings. The van der Waals surface area contributed by atoms with Gasteiger partial charge in [0, 0.05) is 30.1 Å². The quantitative estimate of drug-likeness (QED) is 0.367. The molecule has 2 unspecified atom stereocenters. The topological polar surface area (TPSA) is 144 Å². The van der Waals surface area contributed by atoms with Gasteiger partial charge in [-0.25, -0.2) is 9.31 Å². The third-order valence-electron chi connectivity index (χ3n) is 7.25. The number of carboxylic acid groups (broad SMARTS) is 1. The monoisotopic (exact) mass is 512 g/mol. The molecule has 5 rings (SSSR count). The van der Waals surface area contributed by atoms with Gasteiger partial charge in [0.2, 0.25) is 0 Å². The number of piperidine rings is 1. The molecule has 1 aliphatic heterocycles. The maximum absolute atomic E-state index is 13.0. The molecule has 0 radical (unpaired) electrons. The standard InChI is InChI=1S/C28H28N6O4/c1-28(2,3)22-13-18(11-12-33(22)27(37)38)21-14-23(35)31-25-24-19(5-4-6-20(24)32-34(21)25)30-26(36)17-9-7-16(15-29)8-10-17/h4-10,14,18,22H,11-13H2,1-3H3,(H,30,36)(H,31,35)(H,37,38). The van der Waals surface area contributed by atoms with E-state index in [1.807, 2.05) is 32.9 Å². The lowest BCUT2D eigenvalue weighted by atomic mass is 9.76. The molecule has 0 aliphatic carbocycles. The molecule has 38 heavy (non-hydrogen) atoms. The molecule has 2 amide bonds. The van der Waals surface area contributed by atoms with Gasteiger partial charge in [-0.2, -0.15) is 10.4 Å². The van der Waals surface area contributed by atoms with Crippen LogP contribution in [0.25, 0.3) is 16.6 Å². The Morgan fingerprint density at radius 2 is 1.92 bits per heavy atom. The summed E-state index contributed by atoms with van der Waals surface area (Å²) >= 11 is 0. The van der Waals surface area contributed by atoms with Gasteiger partial charge in [-0.3, -0.25) is 9.59 Å². The van der Waals surface area contributed by atoms with Crippen LogP contribution in [0.3, 0.4) is 0 Å². The van der Waals surface area contributed by atoms with E-state index in [2.05, 4.69) is 10.3 Å². The number of hydrogen-bond acceptors (Lipinski definition) is 5. The van der Waals surface area contributed by atoms with Gasteiger partial charge in [-0.05, 0) is 54.7 Å². The summed E-state index contributed by atoms with van der Waals surface area (Å²) < 4.78 is 1.71. The highest BCUT2D eigenvalue weighted by atomic mass is 16.4. The Hall–Kier alpha value is -4.65. The summed E-state index contributed by atoms with van der Waals surface area (Å²) in [5.74, 6) is -0.431. The molecule has 0 spiro atoms. The number of aromatic amines is 1. The van der Waals surface area contributed by atoms with E-state index in [1.54, 1.807) is 40.9 Å².